The zero-order valence-electron chi connectivity index (χ0n) is 16.1. The van der Waals surface area contributed by atoms with Crippen molar-refractivity contribution in [1.29, 1.82) is 0 Å². The molecular weight excluding hydrogens is 371 g/mol. The van der Waals surface area contributed by atoms with E-state index in [-0.39, 0.29) is 12.4 Å². The Hall–Kier alpha value is -3.74. The standard InChI is InChI=1S/C22H21FN4O2/c1-15-12-18(16(2)27(15)20-11-7-6-10-19(20)23)14-25-26-22(29)21(28)24-13-17-8-4-3-5-9-17/h3-12,14H,13H2,1-2H3,(H,24,28)(H,26,29)/b25-14-. The zero-order valence-corrected chi connectivity index (χ0v) is 16.1. The lowest BCUT2D eigenvalue weighted by molar-refractivity contribution is -0.139. The van der Waals surface area contributed by atoms with Gasteiger partial charge in [0, 0.05) is 23.5 Å². The van der Waals surface area contributed by atoms with Crippen molar-refractivity contribution < 1.29 is 14.0 Å². The topological polar surface area (TPSA) is 75.5 Å². The molecule has 6 nitrogen and oxygen atoms in total. The van der Waals surface area contributed by atoms with E-state index in [0.29, 0.717) is 11.3 Å². The minimum atomic E-state index is -0.861. The van der Waals surface area contributed by atoms with Gasteiger partial charge in [0.2, 0.25) is 0 Å². The fourth-order valence-electron chi connectivity index (χ4n) is 2.99. The Morgan fingerprint density at radius 2 is 1.72 bits per heavy atom. The second-order valence-corrected chi connectivity index (χ2v) is 6.48. The first-order valence-electron chi connectivity index (χ1n) is 9.06. The van der Waals surface area contributed by atoms with Crippen molar-refractivity contribution in [2.45, 2.75) is 20.4 Å². The van der Waals surface area contributed by atoms with Crippen LogP contribution in [0.25, 0.3) is 5.69 Å². The Morgan fingerprint density at radius 1 is 1.03 bits per heavy atom. The maximum atomic E-state index is 14.1. The molecule has 0 saturated heterocycles. The number of aromatic nitrogens is 1. The van der Waals surface area contributed by atoms with Gasteiger partial charge in [-0.2, -0.15) is 5.10 Å². The highest BCUT2D eigenvalue weighted by molar-refractivity contribution is 6.35. The van der Waals surface area contributed by atoms with Gasteiger partial charge in [0.1, 0.15) is 5.82 Å². The smallest absolute Gasteiger partial charge is 0.329 e. The number of halogens is 1. The second-order valence-electron chi connectivity index (χ2n) is 6.48. The van der Waals surface area contributed by atoms with E-state index in [1.165, 1.54) is 12.3 Å². The van der Waals surface area contributed by atoms with Crippen molar-refractivity contribution >= 4 is 18.0 Å². The summed E-state index contributed by atoms with van der Waals surface area (Å²) in [5.41, 5.74) is 5.82. The van der Waals surface area contributed by atoms with Gasteiger partial charge in [-0.15, -0.1) is 0 Å². The van der Waals surface area contributed by atoms with E-state index in [0.717, 1.165) is 17.0 Å². The average molecular weight is 392 g/mol. The van der Waals surface area contributed by atoms with Gasteiger partial charge in [-0.25, -0.2) is 9.82 Å². The molecule has 0 fully saturated rings. The van der Waals surface area contributed by atoms with Crippen molar-refractivity contribution in [3.63, 3.8) is 0 Å². The lowest BCUT2D eigenvalue weighted by Gasteiger charge is -2.10. The van der Waals surface area contributed by atoms with Gasteiger partial charge in [-0.3, -0.25) is 9.59 Å². The molecule has 1 heterocycles. The van der Waals surface area contributed by atoms with Crippen LogP contribution in [0.3, 0.4) is 0 Å². The molecule has 3 aromatic rings. The number of carbonyl (C=O) groups excluding carboxylic acids is 2. The number of hydrogen-bond acceptors (Lipinski definition) is 3. The molecule has 148 valence electrons. The van der Waals surface area contributed by atoms with Gasteiger partial charge in [0.25, 0.3) is 0 Å². The van der Waals surface area contributed by atoms with Crippen molar-refractivity contribution in [2.24, 2.45) is 5.10 Å². The largest absolute Gasteiger partial charge is 0.344 e. The summed E-state index contributed by atoms with van der Waals surface area (Å²) in [7, 11) is 0. The molecule has 7 heteroatoms. The number of nitrogens with one attached hydrogen (secondary N) is 2. The SMILES string of the molecule is Cc1cc(/C=N\NC(=O)C(=O)NCc2ccccc2)c(C)n1-c1ccccc1F. The third kappa shape index (κ3) is 4.76. The molecule has 0 atom stereocenters. The normalized spacial score (nSPS) is 10.9. The molecule has 0 saturated carbocycles. The van der Waals surface area contributed by atoms with Crippen molar-refractivity contribution in [3.8, 4) is 5.69 Å². The van der Waals surface area contributed by atoms with Crippen LogP contribution < -0.4 is 10.7 Å². The molecule has 0 aliphatic heterocycles. The molecular formula is C22H21FN4O2. The van der Waals surface area contributed by atoms with Gasteiger partial charge in [-0.1, -0.05) is 42.5 Å². The Morgan fingerprint density at radius 3 is 2.45 bits per heavy atom. The fraction of sp³-hybridized carbons (Fsp3) is 0.136. The first-order valence-corrected chi connectivity index (χ1v) is 9.06. The number of aryl methyl sites for hydroxylation is 1. The van der Waals surface area contributed by atoms with Gasteiger partial charge in [0.05, 0.1) is 11.9 Å². The summed E-state index contributed by atoms with van der Waals surface area (Å²) in [6, 6.07) is 17.6. The molecule has 0 radical (unpaired) electrons. The number of para-hydroxylation sites is 1. The fourth-order valence-corrected chi connectivity index (χ4v) is 2.99. The molecule has 2 amide bonds. The zero-order chi connectivity index (χ0) is 20.8. The molecule has 0 spiro atoms. The summed E-state index contributed by atoms with van der Waals surface area (Å²) in [4.78, 5) is 23.7. The van der Waals surface area contributed by atoms with Crippen LogP contribution in [0.5, 0.6) is 0 Å². The van der Waals surface area contributed by atoms with E-state index in [4.69, 9.17) is 0 Å². The number of hydrogen-bond donors (Lipinski definition) is 2. The maximum Gasteiger partial charge on any atom is 0.329 e. The number of nitrogens with zero attached hydrogens (tertiary/aromatic N) is 2. The van der Waals surface area contributed by atoms with Crippen LogP contribution in [0, 0.1) is 19.7 Å². The van der Waals surface area contributed by atoms with Gasteiger partial charge in [0.15, 0.2) is 0 Å². The first kappa shape index (κ1) is 20.0. The lowest BCUT2D eigenvalue weighted by Crippen LogP contribution is -2.37. The molecule has 0 bridgehead atoms. The van der Waals surface area contributed by atoms with Crippen molar-refractivity contribution in [2.75, 3.05) is 0 Å². The summed E-state index contributed by atoms with van der Waals surface area (Å²) in [6.07, 6.45) is 1.43. The van der Waals surface area contributed by atoms with E-state index in [9.17, 15) is 14.0 Å². The van der Waals surface area contributed by atoms with Gasteiger partial charge < -0.3 is 9.88 Å². The Bertz CT molecular complexity index is 1060. The van der Waals surface area contributed by atoms with E-state index in [2.05, 4.69) is 15.8 Å². The van der Waals surface area contributed by atoms with E-state index >= 15 is 0 Å². The molecule has 0 aliphatic carbocycles. The first-order chi connectivity index (χ1) is 14.0. The molecule has 3 rings (SSSR count). The highest BCUT2D eigenvalue weighted by Crippen LogP contribution is 2.21. The van der Waals surface area contributed by atoms with Crippen LogP contribution in [0.15, 0.2) is 65.8 Å². The maximum absolute atomic E-state index is 14.1. The Labute approximate surface area is 168 Å². The van der Waals surface area contributed by atoms with Crippen LogP contribution >= 0.6 is 0 Å². The molecule has 2 aromatic carbocycles. The molecule has 0 unspecified atom stereocenters. The third-order valence-electron chi connectivity index (χ3n) is 4.44. The number of amides is 2. The van der Waals surface area contributed by atoms with E-state index in [1.807, 2.05) is 50.2 Å². The molecule has 29 heavy (non-hydrogen) atoms. The second kappa shape index (κ2) is 8.97. The van der Waals surface area contributed by atoms with Crippen molar-refractivity contribution in [1.82, 2.24) is 15.3 Å². The quantitative estimate of drug-likeness (QED) is 0.398. The van der Waals surface area contributed by atoms with Crippen LogP contribution in [0.4, 0.5) is 4.39 Å². The Balaban J connectivity index is 1.63. The number of benzene rings is 2. The highest BCUT2D eigenvalue weighted by atomic mass is 19.1. The third-order valence-corrected chi connectivity index (χ3v) is 4.44. The summed E-state index contributed by atoms with van der Waals surface area (Å²) in [5, 5.41) is 6.39. The Kier molecular flexibility index (Phi) is 6.19. The van der Waals surface area contributed by atoms with Gasteiger partial charge in [-0.05, 0) is 37.6 Å². The molecule has 2 N–H and O–H groups in total. The summed E-state index contributed by atoms with van der Waals surface area (Å²) < 4.78 is 15.9. The number of rotatable bonds is 5. The monoisotopic (exact) mass is 392 g/mol. The van der Waals surface area contributed by atoms with Crippen LogP contribution in [-0.2, 0) is 16.1 Å². The van der Waals surface area contributed by atoms with Crippen molar-refractivity contribution in [3.05, 3.63) is 89.0 Å². The minimum Gasteiger partial charge on any atom is -0.344 e. The van der Waals surface area contributed by atoms with Crippen LogP contribution in [0.2, 0.25) is 0 Å². The van der Waals surface area contributed by atoms with E-state index < -0.39 is 11.8 Å². The highest BCUT2D eigenvalue weighted by Gasteiger charge is 2.14. The summed E-state index contributed by atoms with van der Waals surface area (Å²) >= 11 is 0. The summed E-state index contributed by atoms with van der Waals surface area (Å²) in [5.74, 6) is -1.97. The molecule has 1 aromatic heterocycles. The number of hydrazone groups is 1. The summed E-state index contributed by atoms with van der Waals surface area (Å²) in [6.45, 7) is 3.93. The predicted octanol–water partition coefficient (Wildman–Crippen LogP) is 3.00. The van der Waals surface area contributed by atoms with Crippen LogP contribution in [0.1, 0.15) is 22.5 Å². The average Bonchev–Trinajstić information content (AvgIpc) is 3.00. The molecule has 0 aliphatic rings. The van der Waals surface area contributed by atoms with Crippen LogP contribution in [-0.4, -0.2) is 22.6 Å². The van der Waals surface area contributed by atoms with Gasteiger partial charge >= 0.3 is 11.8 Å². The predicted molar refractivity (Wildman–Crippen MR) is 109 cm³/mol. The van der Waals surface area contributed by atoms with E-state index in [1.54, 1.807) is 22.8 Å². The lowest BCUT2D eigenvalue weighted by atomic mass is 10.2. The number of carbonyl (C=O) groups is 2. The minimum absolute atomic E-state index is 0.251.